The molecule has 0 saturated heterocycles. The Hall–Kier alpha value is -6.07. The van der Waals surface area contributed by atoms with Gasteiger partial charge in [0.25, 0.3) is 6.71 Å². The van der Waals surface area contributed by atoms with Gasteiger partial charge in [0.2, 0.25) is 0 Å². The van der Waals surface area contributed by atoms with Gasteiger partial charge in [-0.3, -0.25) is 0 Å². The summed E-state index contributed by atoms with van der Waals surface area (Å²) < 4.78 is 6.65. The van der Waals surface area contributed by atoms with E-state index in [1.807, 2.05) is 4.90 Å². The number of carbonyl (C=O) groups is 1. The highest BCUT2D eigenvalue weighted by molar-refractivity contribution is 7.04. The van der Waals surface area contributed by atoms with Crippen LogP contribution in [0.3, 0.4) is 0 Å². The first-order chi connectivity index (χ1) is 23.8. The fraction of sp³-hybridized carbons (Fsp3) is 0.0465. The predicted molar refractivity (Wildman–Crippen MR) is 192 cm³/mol. The third-order valence-electron chi connectivity index (χ3n) is 11.9. The second-order valence-electron chi connectivity index (χ2n) is 13.9. The van der Waals surface area contributed by atoms with Crippen molar-refractivity contribution in [2.45, 2.75) is 11.8 Å². The van der Waals surface area contributed by atoms with Crippen LogP contribution in [0.15, 0.2) is 127 Å². The molecule has 48 heavy (non-hydrogen) atoms. The standard InChI is InChI=1S/C43H23BN2O2/c47-43-46-33-19-9-18-32-40(33)44-38-28(16-8-17-31(38)45(32)23-10-2-1-3-11-23)29-20-22-21-30-35-24-12-4-6-14-26(24)36(27-15-7-5-13-25(27)35)37(30)42(48-43)34(22)41(46)39(29)44/h1-21,35-36H. The minimum Gasteiger partial charge on any atom is -0.409 e. The van der Waals surface area contributed by atoms with Crippen LogP contribution < -0.4 is 30.9 Å². The number of para-hydroxylation sites is 1. The van der Waals surface area contributed by atoms with E-state index in [2.05, 4.69) is 132 Å². The molecule has 0 spiro atoms. The monoisotopic (exact) mass is 610 g/mol. The number of fused-ring (bicyclic) bond motifs is 2. The van der Waals surface area contributed by atoms with E-state index < -0.39 is 0 Å². The molecule has 5 heteroatoms. The molecule has 2 bridgehead atoms. The van der Waals surface area contributed by atoms with E-state index in [9.17, 15) is 4.79 Å². The van der Waals surface area contributed by atoms with Crippen molar-refractivity contribution in [2.75, 3.05) is 9.80 Å². The Morgan fingerprint density at radius 2 is 1.17 bits per heavy atom. The van der Waals surface area contributed by atoms with Gasteiger partial charge in [-0.1, -0.05) is 84.9 Å². The van der Waals surface area contributed by atoms with Crippen molar-refractivity contribution in [2.24, 2.45) is 0 Å². The molecule has 4 aliphatic heterocycles. The summed E-state index contributed by atoms with van der Waals surface area (Å²) in [6.07, 6.45) is -0.325. The largest absolute Gasteiger partial charge is 0.424 e. The molecule has 0 atom stereocenters. The molecule has 3 aliphatic carbocycles. The Kier molecular flexibility index (Phi) is 3.97. The summed E-state index contributed by atoms with van der Waals surface area (Å²) >= 11 is 0. The molecule has 0 fully saturated rings. The van der Waals surface area contributed by atoms with Gasteiger partial charge in [0.15, 0.2) is 0 Å². The average molecular weight is 610 g/mol. The van der Waals surface area contributed by atoms with Gasteiger partial charge in [0.1, 0.15) is 5.75 Å². The van der Waals surface area contributed by atoms with Gasteiger partial charge >= 0.3 is 6.09 Å². The molecule has 0 radical (unpaired) electrons. The van der Waals surface area contributed by atoms with Gasteiger partial charge in [-0.05, 0) is 103 Å². The normalized spacial score (nSPS) is 18.5. The third kappa shape index (κ3) is 2.49. The van der Waals surface area contributed by atoms with E-state index in [1.165, 1.54) is 61.0 Å². The Bertz CT molecular complexity index is 2670. The number of anilines is 5. The first-order valence-corrected chi connectivity index (χ1v) is 16.8. The van der Waals surface area contributed by atoms with Gasteiger partial charge in [-0.15, -0.1) is 0 Å². The minimum atomic E-state index is -0.325. The molecule has 1 amide bonds. The quantitative estimate of drug-likeness (QED) is 0.176. The zero-order chi connectivity index (χ0) is 31.0. The lowest BCUT2D eigenvalue weighted by atomic mass is 9.35. The Morgan fingerprint density at radius 3 is 1.90 bits per heavy atom. The first-order valence-electron chi connectivity index (χ1n) is 16.8. The molecule has 0 unspecified atom stereocenters. The van der Waals surface area contributed by atoms with Gasteiger partial charge < -0.3 is 9.64 Å². The van der Waals surface area contributed by atoms with Crippen LogP contribution in [0, 0.1) is 0 Å². The summed E-state index contributed by atoms with van der Waals surface area (Å²) in [5, 5.41) is 2.19. The molecule has 7 aromatic carbocycles. The highest BCUT2D eigenvalue weighted by atomic mass is 16.6. The molecule has 0 aromatic heterocycles. The Morgan fingerprint density at radius 1 is 0.542 bits per heavy atom. The average Bonchev–Trinajstić information content (AvgIpc) is 3.47. The number of benzene rings is 7. The summed E-state index contributed by atoms with van der Waals surface area (Å²) in [4.78, 5) is 18.9. The maximum atomic E-state index is 14.6. The van der Waals surface area contributed by atoms with Crippen molar-refractivity contribution in [3.05, 3.63) is 161 Å². The molecule has 0 saturated carbocycles. The molecule has 0 N–H and O–H groups in total. The van der Waals surface area contributed by atoms with Crippen molar-refractivity contribution in [1.29, 1.82) is 0 Å². The fourth-order valence-electron chi connectivity index (χ4n) is 10.4. The predicted octanol–water partition coefficient (Wildman–Crippen LogP) is 8.07. The molecular weight excluding hydrogens is 587 g/mol. The molecule has 4 heterocycles. The lowest BCUT2D eigenvalue weighted by molar-refractivity contribution is 0.209. The van der Waals surface area contributed by atoms with Crippen LogP contribution in [-0.2, 0) is 0 Å². The van der Waals surface area contributed by atoms with Crippen LogP contribution in [0.4, 0.5) is 33.2 Å². The summed E-state index contributed by atoms with van der Waals surface area (Å²) in [5.74, 6) is 0.853. The Balaban J connectivity index is 1.18. The molecule has 220 valence electrons. The van der Waals surface area contributed by atoms with Crippen LogP contribution in [0.2, 0.25) is 0 Å². The lowest BCUT2D eigenvalue weighted by Gasteiger charge is -2.45. The van der Waals surface area contributed by atoms with Crippen molar-refractivity contribution < 1.29 is 9.53 Å². The highest BCUT2D eigenvalue weighted by Gasteiger charge is 2.53. The number of hydrogen-bond donors (Lipinski definition) is 0. The number of amides is 1. The summed E-state index contributed by atoms with van der Waals surface area (Å²) in [5.41, 5.74) is 19.3. The molecule has 14 rings (SSSR count). The van der Waals surface area contributed by atoms with Crippen LogP contribution in [0.25, 0.3) is 21.9 Å². The highest BCUT2D eigenvalue weighted by Crippen LogP contribution is 2.61. The fourth-order valence-corrected chi connectivity index (χ4v) is 10.4. The molecule has 4 nitrogen and oxygen atoms in total. The minimum absolute atomic E-state index is 0.0111. The van der Waals surface area contributed by atoms with Crippen molar-refractivity contribution in [3.63, 3.8) is 0 Å². The second-order valence-corrected chi connectivity index (χ2v) is 13.9. The zero-order valence-corrected chi connectivity index (χ0v) is 25.6. The van der Waals surface area contributed by atoms with E-state index >= 15 is 0 Å². The van der Waals surface area contributed by atoms with E-state index in [4.69, 9.17) is 4.74 Å². The number of nitrogens with zero attached hydrogens (tertiary/aromatic N) is 2. The maximum absolute atomic E-state index is 14.6. The smallest absolute Gasteiger partial charge is 0.409 e. The van der Waals surface area contributed by atoms with Crippen molar-refractivity contribution >= 4 is 68.4 Å². The van der Waals surface area contributed by atoms with Crippen LogP contribution in [0.5, 0.6) is 5.75 Å². The summed E-state index contributed by atoms with van der Waals surface area (Å²) in [6.45, 7) is 0.0423. The van der Waals surface area contributed by atoms with Crippen LogP contribution in [-0.4, -0.2) is 12.8 Å². The van der Waals surface area contributed by atoms with Crippen molar-refractivity contribution in [3.8, 4) is 16.9 Å². The summed E-state index contributed by atoms with van der Waals surface area (Å²) in [7, 11) is 0. The topological polar surface area (TPSA) is 32.8 Å². The van der Waals surface area contributed by atoms with E-state index in [0.717, 1.165) is 44.8 Å². The zero-order valence-electron chi connectivity index (χ0n) is 25.6. The van der Waals surface area contributed by atoms with Crippen LogP contribution >= 0.6 is 0 Å². The second kappa shape index (κ2) is 7.89. The Labute approximate surface area is 276 Å². The number of ether oxygens (including phenoxy) is 1. The SMILES string of the molecule is O=C1Oc2c3c(cc4cc5c6c(c24)N1c1cccc2c1B6c1c-5cccc1N2c1ccccc1)C1c2ccccc2C3c2ccccc21. The van der Waals surface area contributed by atoms with Gasteiger partial charge in [0, 0.05) is 45.5 Å². The number of rotatable bonds is 1. The van der Waals surface area contributed by atoms with Crippen LogP contribution in [0.1, 0.15) is 45.2 Å². The van der Waals surface area contributed by atoms with E-state index in [0.29, 0.717) is 0 Å². The molecule has 7 aromatic rings. The van der Waals surface area contributed by atoms with E-state index in [-0.39, 0.29) is 24.6 Å². The van der Waals surface area contributed by atoms with Gasteiger partial charge in [-0.2, -0.15) is 0 Å². The third-order valence-corrected chi connectivity index (χ3v) is 11.9. The van der Waals surface area contributed by atoms with Gasteiger partial charge in [-0.25, -0.2) is 9.69 Å². The van der Waals surface area contributed by atoms with Gasteiger partial charge in [0.05, 0.1) is 5.69 Å². The lowest BCUT2D eigenvalue weighted by Crippen LogP contribution is -2.61. The number of hydrogen-bond acceptors (Lipinski definition) is 3. The summed E-state index contributed by atoms with van der Waals surface area (Å²) in [6, 6.07) is 46.2. The molecule has 7 aliphatic rings. The van der Waals surface area contributed by atoms with Crippen molar-refractivity contribution in [1.82, 2.24) is 0 Å². The number of carbonyl (C=O) groups excluding carboxylic acids is 1. The first kappa shape index (κ1) is 24.2. The molecular formula is C43H23BN2O2. The van der Waals surface area contributed by atoms with E-state index in [1.54, 1.807) is 0 Å². The maximum Gasteiger partial charge on any atom is 0.424 e.